The van der Waals surface area contributed by atoms with Crippen molar-refractivity contribution in [1.29, 1.82) is 0 Å². The number of rotatable bonds is 0. The molecular formula is C8H5ClF3I. The van der Waals surface area contributed by atoms with E-state index in [2.05, 4.69) is 0 Å². The van der Waals surface area contributed by atoms with Gasteiger partial charge >= 0.3 is 6.18 Å². The van der Waals surface area contributed by atoms with Crippen LogP contribution in [0, 0.1) is 10.5 Å². The van der Waals surface area contributed by atoms with Crippen molar-refractivity contribution in [2.75, 3.05) is 0 Å². The zero-order valence-electron chi connectivity index (χ0n) is 6.54. The molecule has 0 nitrogen and oxygen atoms in total. The third-order valence-corrected chi connectivity index (χ3v) is 3.27. The molecule has 0 saturated carbocycles. The number of hydrogen-bond acceptors (Lipinski definition) is 0. The van der Waals surface area contributed by atoms with Gasteiger partial charge in [-0.25, -0.2) is 0 Å². The van der Waals surface area contributed by atoms with E-state index in [4.69, 9.17) is 11.6 Å². The average Bonchev–Trinajstić information content (AvgIpc) is 1.95. The lowest BCUT2D eigenvalue weighted by atomic mass is 10.1. The number of hydrogen-bond donors (Lipinski definition) is 0. The zero-order chi connectivity index (χ0) is 10.2. The topological polar surface area (TPSA) is 0 Å². The minimum Gasteiger partial charge on any atom is -0.166 e. The van der Waals surface area contributed by atoms with E-state index in [0.29, 0.717) is 5.56 Å². The Morgan fingerprint density at radius 2 is 1.85 bits per heavy atom. The minimum absolute atomic E-state index is 0.164. The van der Waals surface area contributed by atoms with Crippen LogP contribution in [0.2, 0.25) is 5.02 Å². The van der Waals surface area contributed by atoms with Gasteiger partial charge < -0.3 is 0 Å². The third-order valence-electron chi connectivity index (χ3n) is 1.57. The first-order valence-corrected chi connectivity index (χ1v) is 4.81. The molecule has 0 N–H and O–H groups in total. The fourth-order valence-corrected chi connectivity index (χ4v) is 2.12. The van der Waals surface area contributed by atoms with Crippen LogP contribution in [0.4, 0.5) is 13.2 Å². The maximum atomic E-state index is 12.4. The molecular weight excluding hydrogens is 315 g/mol. The molecule has 0 saturated heterocycles. The molecule has 0 aliphatic carbocycles. The van der Waals surface area contributed by atoms with Gasteiger partial charge in [-0.3, -0.25) is 0 Å². The lowest BCUT2D eigenvalue weighted by molar-refractivity contribution is -0.138. The predicted molar refractivity (Wildman–Crippen MR) is 53.9 cm³/mol. The lowest BCUT2D eigenvalue weighted by Crippen LogP contribution is -2.09. The van der Waals surface area contributed by atoms with Crippen LogP contribution in [0.15, 0.2) is 12.1 Å². The molecule has 0 amide bonds. The van der Waals surface area contributed by atoms with E-state index in [9.17, 15) is 13.2 Å². The minimum atomic E-state index is -4.38. The second-order valence-corrected chi connectivity index (χ2v) is 4.04. The van der Waals surface area contributed by atoms with Gasteiger partial charge in [-0.1, -0.05) is 17.7 Å². The zero-order valence-corrected chi connectivity index (χ0v) is 9.46. The quantitative estimate of drug-likeness (QED) is 0.626. The van der Waals surface area contributed by atoms with Gasteiger partial charge in [-0.2, -0.15) is 13.2 Å². The largest absolute Gasteiger partial charge is 0.418 e. The molecule has 0 heterocycles. The summed E-state index contributed by atoms with van der Waals surface area (Å²) in [6.07, 6.45) is -4.38. The van der Waals surface area contributed by atoms with Crippen molar-refractivity contribution in [2.24, 2.45) is 0 Å². The van der Waals surface area contributed by atoms with Crippen molar-refractivity contribution in [3.8, 4) is 0 Å². The SMILES string of the molecule is Cc1ccc(Cl)c(C(F)(F)F)c1I. The van der Waals surface area contributed by atoms with E-state index in [1.54, 1.807) is 35.6 Å². The Morgan fingerprint density at radius 1 is 1.31 bits per heavy atom. The van der Waals surface area contributed by atoms with Crippen LogP contribution < -0.4 is 0 Å². The van der Waals surface area contributed by atoms with Crippen LogP contribution >= 0.6 is 34.2 Å². The molecule has 0 aromatic heterocycles. The highest BCUT2D eigenvalue weighted by molar-refractivity contribution is 14.1. The fourth-order valence-electron chi connectivity index (χ4n) is 0.917. The van der Waals surface area contributed by atoms with Crippen molar-refractivity contribution in [3.63, 3.8) is 0 Å². The number of benzene rings is 1. The summed E-state index contributed by atoms with van der Waals surface area (Å²) in [5.74, 6) is 0. The summed E-state index contributed by atoms with van der Waals surface area (Å²) in [5.41, 5.74) is -0.160. The van der Waals surface area contributed by atoms with Crippen molar-refractivity contribution in [3.05, 3.63) is 31.9 Å². The Balaban J connectivity index is 3.43. The van der Waals surface area contributed by atoms with Gasteiger partial charge in [0.15, 0.2) is 0 Å². The highest BCUT2D eigenvalue weighted by atomic mass is 127. The van der Waals surface area contributed by atoms with Crippen LogP contribution in [0.3, 0.4) is 0 Å². The lowest BCUT2D eigenvalue weighted by Gasteiger charge is -2.12. The van der Waals surface area contributed by atoms with Crippen LogP contribution in [0.5, 0.6) is 0 Å². The second kappa shape index (κ2) is 3.65. The van der Waals surface area contributed by atoms with Crippen molar-refractivity contribution < 1.29 is 13.2 Å². The third kappa shape index (κ3) is 2.28. The molecule has 1 aromatic rings. The van der Waals surface area contributed by atoms with Gasteiger partial charge in [0.1, 0.15) is 0 Å². The van der Waals surface area contributed by atoms with E-state index in [1.165, 1.54) is 6.07 Å². The Labute approximate surface area is 92.2 Å². The van der Waals surface area contributed by atoms with Crippen molar-refractivity contribution in [1.82, 2.24) is 0 Å². The first-order valence-electron chi connectivity index (χ1n) is 3.36. The summed E-state index contributed by atoms with van der Waals surface area (Å²) in [4.78, 5) is 0. The van der Waals surface area contributed by atoms with Crippen LogP contribution in [0.1, 0.15) is 11.1 Å². The summed E-state index contributed by atoms with van der Waals surface area (Å²) in [7, 11) is 0. The molecule has 0 atom stereocenters. The maximum Gasteiger partial charge on any atom is 0.418 e. The molecule has 0 aliphatic rings. The number of aryl methyl sites for hydroxylation is 1. The van der Waals surface area contributed by atoms with Gasteiger partial charge in [0, 0.05) is 3.57 Å². The monoisotopic (exact) mass is 320 g/mol. The van der Waals surface area contributed by atoms with Crippen LogP contribution in [0.25, 0.3) is 0 Å². The van der Waals surface area contributed by atoms with E-state index in [1.807, 2.05) is 0 Å². The van der Waals surface area contributed by atoms with Gasteiger partial charge in [0.25, 0.3) is 0 Å². The molecule has 1 rings (SSSR count). The average molecular weight is 320 g/mol. The Bertz CT molecular complexity index is 333. The molecule has 0 unspecified atom stereocenters. The highest BCUT2D eigenvalue weighted by Crippen LogP contribution is 2.38. The second-order valence-electron chi connectivity index (χ2n) is 2.55. The van der Waals surface area contributed by atoms with Gasteiger partial charge in [0.2, 0.25) is 0 Å². The van der Waals surface area contributed by atoms with Gasteiger partial charge in [0.05, 0.1) is 10.6 Å². The summed E-state index contributed by atoms with van der Waals surface area (Å²) in [6.45, 7) is 1.62. The van der Waals surface area contributed by atoms with Crippen LogP contribution in [-0.4, -0.2) is 0 Å². The summed E-state index contributed by atoms with van der Waals surface area (Å²) in [5, 5.41) is -0.248. The first kappa shape index (κ1) is 11.1. The Morgan fingerprint density at radius 3 is 2.23 bits per heavy atom. The summed E-state index contributed by atoms with van der Waals surface area (Å²) < 4.78 is 37.4. The molecule has 0 radical (unpaired) electrons. The molecule has 0 bridgehead atoms. The smallest absolute Gasteiger partial charge is 0.166 e. The van der Waals surface area contributed by atoms with E-state index < -0.39 is 11.7 Å². The van der Waals surface area contributed by atoms with Crippen molar-refractivity contribution >= 4 is 34.2 Å². The molecule has 5 heteroatoms. The number of halogens is 5. The molecule has 13 heavy (non-hydrogen) atoms. The predicted octanol–water partition coefficient (Wildman–Crippen LogP) is 4.27. The Hall–Kier alpha value is 0.0300. The molecule has 0 aliphatic heterocycles. The Kier molecular flexibility index (Phi) is 3.12. The maximum absolute atomic E-state index is 12.4. The van der Waals surface area contributed by atoms with E-state index >= 15 is 0 Å². The normalized spacial score (nSPS) is 11.8. The molecule has 0 spiro atoms. The molecule has 0 fully saturated rings. The fraction of sp³-hybridized carbons (Fsp3) is 0.250. The van der Waals surface area contributed by atoms with E-state index in [-0.39, 0.29) is 8.59 Å². The number of alkyl halides is 3. The first-order chi connectivity index (χ1) is 5.84. The van der Waals surface area contributed by atoms with Crippen molar-refractivity contribution in [2.45, 2.75) is 13.1 Å². The summed E-state index contributed by atoms with van der Waals surface area (Å²) in [6, 6.07) is 2.83. The highest BCUT2D eigenvalue weighted by Gasteiger charge is 2.35. The van der Waals surface area contributed by atoms with Gasteiger partial charge in [-0.05, 0) is 41.1 Å². The summed E-state index contributed by atoms with van der Waals surface area (Å²) >= 11 is 7.11. The molecule has 72 valence electrons. The standard InChI is InChI=1S/C8H5ClF3I/c1-4-2-3-5(9)6(7(4)13)8(10,11)12/h2-3H,1H3. The molecule has 1 aromatic carbocycles. The van der Waals surface area contributed by atoms with Crippen LogP contribution in [-0.2, 0) is 6.18 Å². The van der Waals surface area contributed by atoms with E-state index in [0.717, 1.165) is 0 Å². The van der Waals surface area contributed by atoms with Gasteiger partial charge in [-0.15, -0.1) is 0 Å².